The lowest BCUT2D eigenvalue weighted by atomic mass is 10.2. The van der Waals surface area contributed by atoms with Crippen molar-refractivity contribution in [2.45, 2.75) is 11.8 Å². The van der Waals surface area contributed by atoms with E-state index in [1.807, 2.05) is 13.0 Å². The number of nitrogens with zero attached hydrogens (tertiary/aromatic N) is 1. The Kier molecular flexibility index (Phi) is 5.60. The van der Waals surface area contributed by atoms with Gasteiger partial charge in [-0.3, -0.25) is 19.6 Å². The lowest BCUT2D eigenvalue weighted by Gasteiger charge is -2.10. The Balaban J connectivity index is 1.79. The molecule has 0 atom stereocenters. The summed E-state index contributed by atoms with van der Waals surface area (Å²) in [5.74, 6) is -0.536. The van der Waals surface area contributed by atoms with Crippen LogP contribution in [-0.2, 0) is 10.0 Å². The molecular formula is C20H17N3O5S. The lowest BCUT2D eigenvalue weighted by molar-refractivity contribution is -0.384. The summed E-state index contributed by atoms with van der Waals surface area (Å²) in [4.78, 5) is 22.5. The van der Waals surface area contributed by atoms with Crippen molar-refractivity contribution in [3.63, 3.8) is 0 Å². The minimum absolute atomic E-state index is 0.0599. The normalized spacial score (nSPS) is 10.9. The zero-order valence-electron chi connectivity index (χ0n) is 15.3. The maximum atomic E-state index is 12.6. The van der Waals surface area contributed by atoms with E-state index < -0.39 is 20.9 Å². The summed E-state index contributed by atoms with van der Waals surface area (Å²) in [6.07, 6.45) is 0. The number of nitrogens with one attached hydrogen (secondary N) is 2. The fourth-order valence-electron chi connectivity index (χ4n) is 2.60. The predicted molar refractivity (Wildman–Crippen MR) is 109 cm³/mol. The van der Waals surface area contributed by atoms with Crippen molar-refractivity contribution in [1.29, 1.82) is 0 Å². The van der Waals surface area contributed by atoms with E-state index in [2.05, 4.69) is 10.0 Å². The number of sulfonamides is 1. The minimum Gasteiger partial charge on any atom is -0.322 e. The molecular weight excluding hydrogens is 394 g/mol. The van der Waals surface area contributed by atoms with Gasteiger partial charge in [0.05, 0.1) is 9.82 Å². The van der Waals surface area contributed by atoms with Crippen LogP contribution in [0.2, 0.25) is 0 Å². The summed E-state index contributed by atoms with van der Waals surface area (Å²) in [7, 11) is -3.88. The van der Waals surface area contributed by atoms with Crippen molar-refractivity contribution < 1.29 is 18.1 Å². The highest BCUT2D eigenvalue weighted by Crippen LogP contribution is 2.20. The molecule has 3 rings (SSSR count). The summed E-state index contributed by atoms with van der Waals surface area (Å²) in [5.41, 5.74) is 1.72. The van der Waals surface area contributed by atoms with Crippen LogP contribution in [0.3, 0.4) is 0 Å². The van der Waals surface area contributed by atoms with Crippen LogP contribution in [-0.4, -0.2) is 19.2 Å². The number of nitro groups is 1. The SMILES string of the molecule is Cc1cccc(NS(=O)(=O)c2cccc(C(=O)Nc3ccc([N+](=O)[O-])cc3)c2)c1. The molecule has 148 valence electrons. The van der Waals surface area contributed by atoms with Gasteiger partial charge >= 0.3 is 0 Å². The number of amides is 1. The fourth-order valence-corrected chi connectivity index (χ4v) is 3.69. The maximum absolute atomic E-state index is 12.6. The van der Waals surface area contributed by atoms with Gasteiger partial charge in [0.1, 0.15) is 0 Å². The standard InChI is InChI=1S/C20H17N3O5S/c1-14-4-2-6-17(12-14)22-29(27,28)19-7-3-5-15(13-19)20(24)21-16-8-10-18(11-9-16)23(25)26/h2-13,22H,1H3,(H,21,24). The zero-order chi connectivity index (χ0) is 21.0. The van der Waals surface area contributed by atoms with E-state index in [0.29, 0.717) is 11.4 Å². The molecule has 1 amide bonds. The van der Waals surface area contributed by atoms with Crippen molar-refractivity contribution in [3.05, 3.63) is 94.0 Å². The highest BCUT2D eigenvalue weighted by molar-refractivity contribution is 7.92. The van der Waals surface area contributed by atoms with Crippen LogP contribution in [0, 0.1) is 17.0 Å². The first-order valence-corrected chi connectivity index (χ1v) is 9.98. The van der Waals surface area contributed by atoms with Crippen molar-refractivity contribution in [2.24, 2.45) is 0 Å². The van der Waals surface area contributed by atoms with Gasteiger partial charge in [-0.1, -0.05) is 18.2 Å². The summed E-state index contributed by atoms with van der Waals surface area (Å²) in [6.45, 7) is 1.85. The predicted octanol–water partition coefficient (Wildman–Crippen LogP) is 3.96. The van der Waals surface area contributed by atoms with Crippen molar-refractivity contribution in [1.82, 2.24) is 0 Å². The molecule has 0 saturated heterocycles. The van der Waals surface area contributed by atoms with Gasteiger partial charge in [-0.05, 0) is 55.0 Å². The number of carbonyl (C=O) groups excluding carboxylic acids is 1. The second kappa shape index (κ2) is 8.11. The molecule has 0 aromatic heterocycles. The van der Waals surface area contributed by atoms with Crippen LogP contribution in [0.4, 0.5) is 17.1 Å². The molecule has 0 radical (unpaired) electrons. The van der Waals surface area contributed by atoms with Gasteiger partial charge in [0.2, 0.25) is 0 Å². The molecule has 0 unspecified atom stereocenters. The van der Waals surface area contributed by atoms with E-state index in [1.165, 1.54) is 48.5 Å². The first-order chi connectivity index (χ1) is 13.7. The molecule has 0 spiro atoms. The molecule has 0 bridgehead atoms. The molecule has 29 heavy (non-hydrogen) atoms. The number of benzene rings is 3. The van der Waals surface area contributed by atoms with E-state index >= 15 is 0 Å². The van der Waals surface area contributed by atoms with Gasteiger partial charge in [-0.2, -0.15) is 0 Å². The first kappa shape index (κ1) is 20.0. The largest absolute Gasteiger partial charge is 0.322 e. The van der Waals surface area contributed by atoms with Gasteiger partial charge < -0.3 is 5.32 Å². The van der Waals surface area contributed by atoms with Crippen LogP contribution in [0.15, 0.2) is 77.7 Å². The van der Waals surface area contributed by atoms with E-state index in [9.17, 15) is 23.3 Å². The molecule has 3 aromatic rings. The average molecular weight is 411 g/mol. The van der Waals surface area contributed by atoms with Crippen LogP contribution < -0.4 is 10.0 Å². The Morgan fingerprint density at radius 2 is 1.62 bits per heavy atom. The number of hydrogen-bond acceptors (Lipinski definition) is 5. The first-order valence-electron chi connectivity index (χ1n) is 8.50. The third kappa shape index (κ3) is 4.96. The molecule has 0 aliphatic rings. The fraction of sp³-hybridized carbons (Fsp3) is 0.0500. The monoisotopic (exact) mass is 411 g/mol. The van der Waals surface area contributed by atoms with E-state index in [4.69, 9.17) is 0 Å². The van der Waals surface area contributed by atoms with Gasteiger partial charge in [0.15, 0.2) is 0 Å². The Morgan fingerprint density at radius 1 is 0.931 bits per heavy atom. The van der Waals surface area contributed by atoms with Crippen LogP contribution in [0.1, 0.15) is 15.9 Å². The third-order valence-corrected chi connectivity index (χ3v) is 5.39. The van der Waals surface area contributed by atoms with Gasteiger partial charge in [0.25, 0.3) is 21.6 Å². The van der Waals surface area contributed by atoms with Crippen LogP contribution in [0.25, 0.3) is 0 Å². The number of hydrogen-bond donors (Lipinski definition) is 2. The van der Waals surface area contributed by atoms with Crippen molar-refractivity contribution in [3.8, 4) is 0 Å². The maximum Gasteiger partial charge on any atom is 0.269 e. The minimum atomic E-state index is -3.88. The Morgan fingerprint density at radius 3 is 2.28 bits per heavy atom. The quantitative estimate of drug-likeness (QED) is 0.470. The van der Waals surface area contributed by atoms with Crippen LogP contribution in [0.5, 0.6) is 0 Å². The van der Waals surface area contributed by atoms with Gasteiger partial charge in [0, 0.05) is 29.1 Å². The summed E-state index contributed by atoms with van der Waals surface area (Å²) in [5, 5.41) is 13.3. The molecule has 9 heteroatoms. The second-order valence-electron chi connectivity index (χ2n) is 6.26. The molecule has 2 N–H and O–H groups in total. The molecule has 0 fully saturated rings. The summed E-state index contributed by atoms with van der Waals surface area (Å²) in [6, 6.07) is 17.8. The second-order valence-corrected chi connectivity index (χ2v) is 7.94. The third-order valence-electron chi connectivity index (χ3n) is 4.01. The number of aryl methyl sites for hydroxylation is 1. The van der Waals surface area contributed by atoms with Gasteiger partial charge in [-0.25, -0.2) is 8.42 Å². The molecule has 0 heterocycles. The zero-order valence-corrected chi connectivity index (χ0v) is 16.1. The van der Waals surface area contributed by atoms with Crippen molar-refractivity contribution >= 4 is 33.0 Å². The number of rotatable bonds is 6. The molecule has 0 aliphatic carbocycles. The van der Waals surface area contributed by atoms with E-state index in [1.54, 1.807) is 18.2 Å². The summed E-state index contributed by atoms with van der Waals surface area (Å²) >= 11 is 0. The highest BCUT2D eigenvalue weighted by Gasteiger charge is 2.17. The smallest absolute Gasteiger partial charge is 0.269 e. The Labute approximate surface area is 167 Å². The molecule has 3 aromatic carbocycles. The molecule has 8 nitrogen and oxygen atoms in total. The average Bonchev–Trinajstić information content (AvgIpc) is 2.68. The lowest BCUT2D eigenvalue weighted by Crippen LogP contribution is -2.16. The molecule has 0 saturated carbocycles. The Bertz CT molecular complexity index is 1170. The number of non-ortho nitro benzene ring substituents is 1. The summed E-state index contributed by atoms with van der Waals surface area (Å²) < 4.78 is 27.8. The Hall–Kier alpha value is -3.72. The number of nitro benzene ring substituents is 1. The van der Waals surface area contributed by atoms with E-state index in [-0.39, 0.29) is 16.1 Å². The topological polar surface area (TPSA) is 118 Å². The van der Waals surface area contributed by atoms with Crippen LogP contribution >= 0.6 is 0 Å². The van der Waals surface area contributed by atoms with Crippen molar-refractivity contribution in [2.75, 3.05) is 10.0 Å². The van der Waals surface area contributed by atoms with Gasteiger partial charge in [-0.15, -0.1) is 0 Å². The highest BCUT2D eigenvalue weighted by atomic mass is 32.2. The number of anilines is 2. The molecule has 0 aliphatic heterocycles. The number of carbonyl (C=O) groups is 1. The van der Waals surface area contributed by atoms with E-state index in [0.717, 1.165) is 5.56 Å².